The zero-order chi connectivity index (χ0) is 13.0. The predicted octanol–water partition coefficient (Wildman–Crippen LogP) is 1.19. The van der Waals surface area contributed by atoms with E-state index in [9.17, 15) is 4.79 Å². The van der Waals surface area contributed by atoms with Crippen LogP contribution in [0.25, 0.3) is 0 Å². The van der Waals surface area contributed by atoms with Gasteiger partial charge in [0.2, 0.25) is 5.91 Å². The number of ether oxygens (including phenoxy) is 1. The molecule has 4 heteroatoms. The van der Waals surface area contributed by atoms with Gasteiger partial charge in [-0.2, -0.15) is 0 Å². The van der Waals surface area contributed by atoms with Gasteiger partial charge >= 0.3 is 0 Å². The molecule has 98 valence electrons. The normalized spacial score (nSPS) is 24.3. The van der Waals surface area contributed by atoms with Crippen molar-refractivity contribution in [3.8, 4) is 0 Å². The topological polar surface area (TPSA) is 49.8 Å². The monoisotopic (exact) mass is 249 g/mol. The molecule has 1 aliphatic rings. The summed E-state index contributed by atoms with van der Waals surface area (Å²) in [7, 11) is 0. The van der Waals surface area contributed by atoms with Gasteiger partial charge in [-0.1, -0.05) is 30.3 Å². The van der Waals surface area contributed by atoms with Crippen LogP contribution in [-0.4, -0.2) is 41.3 Å². The molecule has 0 saturated carbocycles. The van der Waals surface area contributed by atoms with Crippen molar-refractivity contribution >= 4 is 5.91 Å². The molecule has 0 spiro atoms. The summed E-state index contributed by atoms with van der Waals surface area (Å²) in [6.07, 6.45) is 0.547. The molecule has 4 nitrogen and oxygen atoms in total. The van der Waals surface area contributed by atoms with E-state index >= 15 is 0 Å². The molecule has 1 N–H and O–H groups in total. The summed E-state index contributed by atoms with van der Waals surface area (Å²) in [4.78, 5) is 13.6. The number of hydrogen-bond donors (Lipinski definition) is 1. The van der Waals surface area contributed by atoms with E-state index in [-0.39, 0.29) is 19.1 Å². The number of carbonyl (C=O) groups excluding carboxylic acids is 1. The maximum atomic E-state index is 11.8. The quantitative estimate of drug-likeness (QED) is 0.872. The molecule has 1 unspecified atom stereocenters. The van der Waals surface area contributed by atoms with Crippen molar-refractivity contribution in [2.24, 2.45) is 0 Å². The Hall–Kier alpha value is -1.39. The van der Waals surface area contributed by atoms with Gasteiger partial charge in [-0.3, -0.25) is 4.79 Å². The molecular weight excluding hydrogens is 230 g/mol. The minimum atomic E-state index is -0.433. The third kappa shape index (κ3) is 3.09. The van der Waals surface area contributed by atoms with Crippen molar-refractivity contribution in [1.82, 2.24) is 4.90 Å². The fraction of sp³-hybridized carbons (Fsp3) is 0.500. The Morgan fingerprint density at radius 3 is 2.78 bits per heavy atom. The predicted molar refractivity (Wildman–Crippen MR) is 67.9 cm³/mol. The van der Waals surface area contributed by atoms with Crippen LogP contribution in [-0.2, 0) is 16.1 Å². The molecule has 0 aromatic heterocycles. The lowest BCUT2D eigenvalue weighted by atomic mass is 9.99. The van der Waals surface area contributed by atoms with Crippen molar-refractivity contribution < 1.29 is 14.6 Å². The fourth-order valence-electron chi connectivity index (χ4n) is 2.20. The van der Waals surface area contributed by atoms with E-state index in [0.717, 1.165) is 5.56 Å². The van der Waals surface area contributed by atoms with Crippen molar-refractivity contribution in [1.29, 1.82) is 0 Å². The van der Waals surface area contributed by atoms with Gasteiger partial charge in [-0.25, -0.2) is 0 Å². The van der Waals surface area contributed by atoms with Crippen molar-refractivity contribution in [3.05, 3.63) is 35.9 Å². The van der Waals surface area contributed by atoms with E-state index in [1.807, 2.05) is 37.3 Å². The third-order valence-electron chi connectivity index (χ3n) is 3.28. The lowest BCUT2D eigenvalue weighted by Gasteiger charge is -2.40. The zero-order valence-corrected chi connectivity index (χ0v) is 10.6. The van der Waals surface area contributed by atoms with Crippen molar-refractivity contribution in [2.45, 2.75) is 25.5 Å². The molecule has 1 fully saturated rings. The molecule has 0 aliphatic carbocycles. The standard InChI is InChI=1S/C14H19NO3/c1-14(7-8-16)11-15(13(17)10-18-14)9-12-5-3-2-4-6-12/h2-6,16H,7-11H2,1H3. The van der Waals surface area contributed by atoms with Crippen LogP contribution in [0, 0.1) is 0 Å². The maximum Gasteiger partial charge on any atom is 0.248 e. The van der Waals surface area contributed by atoms with Crippen LogP contribution >= 0.6 is 0 Å². The second kappa shape index (κ2) is 5.50. The average Bonchev–Trinajstić information content (AvgIpc) is 2.36. The van der Waals surface area contributed by atoms with E-state index < -0.39 is 5.60 Å². The Labute approximate surface area is 107 Å². The smallest absolute Gasteiger partial charge is 0.248 e. The average molecular weight is 249 g/mol. The second-order valence-corrected chi connectivity index (χ2v) is 4.95. The van der Waals surface area contributed by atoms with E-state index in [1.54, 1.807) is 4.90 Å². The molecule has 2 rings (SSSR count). The Morgan fingerprint density at radius 2 is 2.11 bits per heavy atom. The molecule has 18 heavy (non-hydrogen) atoms. The number of aliphatic hydroxyl groups is 1. The first kappa shape index (κ1) is 13.1. The zero-order valence-electron chi connectivity index (χ0n) is 10.6. The molecule has 0 radical (unpaired) electrons. The summed E-state index contributed by atoms with van der Waals surface area (Å²) in [6.45, 7) is 3.24. The Morgan fingerprint density at radius 1 is 1.39 bits per heavy atom. The summed E-state index contributed by atoms with van der Waals surface area (Å²) in [5.41, 5.74) is 0.677. The summed E-state index contributed by atoms with van der Waals surface area (Å²) < 4.78 is 5.53. The van der Waals surface area contributed by atoms with Gasteiger partial charge in [0, 0.05) is 26.1 Å². The lowest BCUT2D eigenvalue weighted by Crippen LogP contribution is -2.53. The number of amides is 1. The number of nitrogens with zero attached hydrogens (tertiary/aromatic N) is 1. The summed E-state index contributed by atoms with van der Waals surface area (Å²) >= 11 is 0. The Kier molecular flexibility index (Phi) is 3.99. The highest BCUT2D eigenvalue weighted by atomic mass is 16.5. The lowest BCUT2D eigenvalue weighted by molar-refractivity contribution is -0.164. The molecule has 1 aliphatic heterocycles. The van der Waals surface area contributed by atoms with Gasteiger partial charge in [0.05, 0.1) is 5.60 Å². The van der Waals surface area contributed by atoms with Crippen molar-refractivity contribution in [3.63, 3.8) is 0 Å². The first-order valence-corrected chi connectivity index (χ1v) is 6.19. The van der Waals surface area contributed by atoms with Gasteiger partial charge in [-0.05, 0) is 12.5 Å². The summed E-state index contributed by atoms with van der Waals surface area (Å²) in [6, 6.07) is 9.90. The number of carbonyl (C=O) groups is 1. The molecule has 0 bridgehead atoms. The molecule has 1 amide bonds. The van der Waals surface area contributed by atoms with Gasteiger partial charge in [0.25, 0.3) is 0 Å². The van der Waals surface area contributed by atoms with Crippen LogP contribution in [0.15, 0.2) is 30.3 Å². The fourth-order valence-corrected chi connectivity index (χ4v) is 2.20. The SMILES string of the molecule is CC1(CCO)CN(Cc2ccccc2)C(=O)CO1. The van der Waals surface area contributed by atoms with Crippen LogP contribution < -0.4 is 0 Å². The molecule has 1 aromatic carbocycles. The first-order valence-electron chi connectivity index (χ1n) is 6.19. The van der Waals surface area contributed by atoms with E-state index in [0.29, 0.717) is 19.5 Å². The highest BCUT2D eigenvalue weighted by Gasteiger charge is 2.35. The molecular formula is C14H19NO3. The number of hydrogen-bond acceptors (Lipinski definition) is 3. The van der Waals surface area contributed by atoms with E-state index in [4.69, 9.17) is 9.84 Å². The maximum absolute atomic E-state index is 11.8. The van der Waals surface area contributed by atoms with Gasteiger partial charge in [-0.15, -0.1) is 0 Å². The minimum Gasteiger partial charge on any atom is -0.396 e. The molecule has 1 saturated heterocycles. The highest BCUT2D eigenvalue weighted by molar-refractivity contribution is 5.78. The second-order valence-electron chi connectivity index (χ2n) is 4.95. The van der Waals surface area contributed by atoms with E-state index in [1.165, 1.54) is 0 Å². The van der Waals surface area contributed by atoms with Crippen LogP contribution in [0.4, 0.5) is 0 Å². The third-order valence-corrected chi connectivity index (χ3v) is 3.28. The van der Waals surface area contributed by atoms with Crippen LogP contribution in [0.2, 0.25) is 0 Å². The van der Waals surface area contributed by atoms with Gasteiger partial charge in [0.1, 0.15) is 6.61 Å². The molecule has 1 heterocycles. The molecule has 1 aromatic rings. The number of rotatable bonds is 4. The first-order chi connectivity index (χ1) is 8.63. The van der Waals surface area contributed by atoms with Gasteiger partial charge in [0.15, 0.2) is 0 Å². The van der Waals surface area contributed by atoms with Crippen LogP contribution in [0.5, 0.6) is 0 Å². The largest absolute Gasteiger partial charge is 0.396 e. The van der Waals surface area contributed by atoms with Crippen molar-refractivity contribution in [2.75, 3.05) is 19.8 Å². The Bertz CT molecular complexity index is 407. The van der Waals surface area contributed by atoms with Crippen LogP contribution in [0.1, 0.15) is 18.9 Å². The highest BCUT2D eigenvalue weighted by Crippen LogP contribution is 2.23. The number of benzene rings is 1. The Balaban J connectivity index is 2.04. The summed E-state index contributed by atoms with van der Waals surface area (Å²) in [5.74, 6) is 0.00858. The minimum absolute atomic E-state index is 0.00858. The van der Waals surface area contributed by atoms with E-state index in [2.05, 4.69) is 0 Å². The van der Waals surface area contributed by atoms with Gasteiger partial charge < -0.3 is 14.7 Å². The number of morpholine rings is 1. The number of aliphatic hydroxyl groups excluding tert-OH is 1. The molecule has 1 atom stereocenters. The summed E-state index contributed by atoms with van der Waals surface area (Å²) in [5, 5.41) is 9.04. The van der Waals surface area contributed by atoms with Crippen LogP contribution in [0.3, 0.4) is 0 Å².